The monoisotopic (exact) mass is 340 g/mol. The summed E-state index contributed by atoms with van der Waals surface area (Å²) < 4.78 is 5.90. The third-order valence-electron chi connectivity index (χ3n) is 4.83. The number of halogens is 1. The molecule has 3 nitrogen and oxygen atoms in total. The molecule has 0 spiro atoms. The molecule has 0 amide bonds. The van der Waals surface area contributed by atoms with E-state index in [0.717, 1.165) is 29.4 Å². The van der Waals surface area contributed by atoms with Crippen molar-refractivity contribution in [2.24, 2.45) is 5.92 Å². The Morgan fingerprint density at radius 2 is 2.25 bits per heavy atom. The second-order valence-corrected chi connectivity index (χ2v) is 7.28. The Balaban J connectivity index is 1.56. The summed E-state index contributed by atoms with van der Waals surface area (Å²) in [6.45, 7) is 5.01. The van der Waals surface area contributed by atoms with Crippen LogP contribution in [-0.4, -0.2) is 29.6 Å². The minimum Gasteiger partial charge on any atom is -0.489 e. The molecule has 1 aromatic carbocycles. The first kappa shape index (κ1) is 15.7. The largest absolute Gasteiger partial charge is 0.489 e. The lowest BCUT2D eigenvalue weighted by molar-refractivity contribution is 0.257. The number of likely N-dealkylation sites (tertiary alicyclic amines) is 1. The average Bonchev–Trinajstić information content (AvgIpc) is 2.95. The van der Waals surface area contributed by atoms with Crippen LogP contribution in [0.4, 0.5) is 0 Å². The predicted octanol–water partition coefficient (Wildman–Crippen LogP) is 4.59. The van der Waals surface area contributed by atoms with Gasteiger partial charge in [0.25, 0.3) is 0 Å². The lowest BCUT2D eigenvalue weighted by Gasteiger charge is -2.27. The van der Waals surface area contributed by atoms with Gasteiger partial charge in [0, 0.05) is 42.1 Å². The van der Waals surface area contributed by atoms with Crippen molar-refractivity contribution in [1.29, 1.82) is 0 Å². The standard InChI is InChI=1S/C20H21ClN2O/c1-14-7-19(16-3-2-6-22-10-16)23(11-14)12-15-8-17-9-18(21)4-5-20(17)24-13-15/h2-6,8-10,14,19H,7,11-13H2,1H3/t14-,19+/m1/s1. The van der Waals surface area contributed by atoms with Crippen LogP contribution >= 0.6 is 11.6 Å². The van der Waals surface area contributed by atoms with Gasteiger partial charge in [-0.1, -0.05) is 24.6 Å². The highest BCUT2D eigenvalue weighted by molar-refractivity contribution is 6.30. The topological polar surface area (TPSA) is 25.4 Å². The van der Waals surface area contributed by atoms with Crippen LogP contribution in [-0.2, 0) is 0 Å². The Morgan fingerprint density at radius 1 is 1.33 bits per heavy atom. The van der Waals surface area contributed by atoms with Gasteiger partial charge in [-0.05, 0) is 53.8 Å². The minimum absolute atomic E-state index is 0.440. The fourth-order valence-electron chi connectivity index (χ4n) is 3.77. The molecular weight excluding hydrogens is 320 g/mol. The number of nitrogens with zero attached hydrogens (tertiary/aromatic N) is 2. The van der Waals surface area contributed by atoms with Crippen molar-refractivity contribution in [1.82, 2.24) is 9.88 Å². The van der Waals surface area contributed by atoms with E-state index in [9.17, 15) is 0 Å². The van der Waals surface area contributed by atoms with Crippen LogP contribution < -0.4 is 4.74 Å². The second-order valence-electron chi connectivity index (χ2n) is 6.85. The van der Waals surface area contributed by atoms with Gasteiger partial charge in [-0.15, -0.1) is 0 Å². The number of benzene rings is 1. The van der Waals surface area contributed by atoms with Gasteiger partial charge in [0.2, 0.25) is 0 Å². The zero-order valence-electron chi connectivity index (χ0n) is 13.8. The van der Waals surface area contributed by atoms with E-state index in [1.165, 1.54) is 17.6 Å². The molecule has 0 saturated carbocycles. The zero-order chi connectivity index (χ0) is 16.5. The lowest BCUT2D eigenvalue weighted by Crippen LogP contribution is -2.28. The molecule has 1 aromatic heterocycles. The Kier molecular flexibility index (Phi) is 4.30. The van der Waals surface area contributed by atoms with Crippen molar-refractivity contribution < 1.29 is 4.74 Å². The number of aromatic nitrogens is 1. The summed E-state index contributed by atoms with van der Waals surface area (Å²) in [6, 6.07) is 10.4. The van der Waals surface area contributed by atoms with E-state index in [-0.39, 0.29) is 0 Å². The molecule has 4 rings (SSSR count). The van der Waals surface area contributed by atoms with E-state index in [0.29, 0.717) is 18.6 Å². The van der Waals surface area contributed by atoms with Crippen LogP contribution in [0.2, 0.25) is 5.02 Å². The Morgan fingerprint density at radius 3 is 3.08 bits per heavy atom. The molecule has 0 aliphatic carbocycles. The van der Waals surface area contributed by atoms with Gasteiger partial charge in [-0.3, -0.25) is 9.88 Å². The molecule has 3 heterocycles. The molecule has 0 N–H and O–H groups in total. The van der Waals surface area contributed by atoms with E-state index in [2.05, 4.69) is 29.0 Å². The van der Waals surface area contributed by atoms with E-state index in [1.54, 1.807) is 0 Å². The highest BCUT2D eigenvalue weighted by Crippen LogP contribution is 2.36. The molecule has 0 bridgehead atoms. The number of fused-ring (bicyclic) bond motifs is 1. The van der Waals surface area contributed by atoms with Crippen molar-refractivity contribution in [2.45, 2.75) is 19.4 Å². The number of rotatable bonds is 3. The normalized spacial score (nSPS) is 23.5. The first-order valence-electron chi connectivity index (χ1n) is 8.45. The van der Waals surface area contributed by atoms with Crippen LogP contribution in [0.25, 0.3) is 6.08 Å². The minimum atomic E-state index is 0.440. The predicted molar refractivity (Wildman–Crippen MR) is 97.3 cm³/mol. The fourth-order valence-corrected chi connectivity index (χ4v) is 3.96. The summed E-state index contributed by atoms with van der Waals surface area (Å²) in [5.74, 6) is 1.61. The lowest BCUT2D eigenvalue weighted by atomic mass is 10.0. The third kappa shape index (κ3) is 3.19. The van der Waals surface area contributed by atoms with E-state index in [4.69, 9.17) is 16.3 Å². The Labute approximate surface area is 147 Å². The van der Waals surface area contributed by atoms with Crippen LogP contribution in [0.1, 0.15) is 30.5 Å². The molecule has 2 aliphatic heterocycles. The van der Waals surface area contributed by atoms with Gasteiger partial charge in [-0.2, -0.15) is 0 Å². The van der Waals surface area contributed by atoms with Crippen LogP contribution in [0.3, 0.4) is 0 Å². The molecule has 1 fully saturated rings. The average molecular weight is 341 g/mol. The summed E-state index contributed by atoms with van der Waals surface area (Å²) in [4.78, 5) is 6.84. The van der Waals surface area contributed by atoms with Crippen molar-refractivity contribution in [3.05, 3.63) is 64.4 Å². The maximum Gasteiger partial charge on any atom is 0.127 e. The van der Waals surface area contributed by atoms with Crippen molar-refractivity contribution in [2.75, 3.05) is 19.7 Å². The molecule has 0 unspecified atom stereocenters. The van der Waals surface area contributed by atoms with Crippen LogP contribution in [0.5, 0.6) is 5.75 Å². The Bertz CT molecular complexity index is 759. The SMILES string of the molecule is C[C@@H]1C[C@@H](c2cccnc2)N(CC2=Cc3cc(Cl)ccc3OC2)C1. The number of hydrogen-bond acceptors (Lipinski definition) is 3. The highest BCUT2D eigenvalue weighted by atomic mass is 35.5. The molecule has 124 valence electrons. The summed E-state index contributed by atoms with van der Waals surface area (Å²) in [5.41, 5.74) is 3.68. The first-order valence-corrected chi connectivity index (χ1v) is 8.82. The number of pyridine rings is 1. The van der Waals surface area contributed by atoms with Crippen LogP contribution in [0, 0.1) is 5.92 Å². The summed E-state index contributed by atoms with van der Waals surface area (Å²) in [5, 5.41) is 0.748. The fraction of sp³-hybridized carbons (Fsp3) is 0.350. The molecule has 2 aromatic rings. The molecular formula is C20H21ClN2O. The Hall–Kier alpha value is -1.84. The molecule has 2 atom stereocenters. The molecule has 1 saturated heterocycles. The van der Waals surface area contributed by atoms with E-state index < -0.39 is 0 Å². The van der Waals surface area contributed by atoms with Crippen molar-refractivity contribution in [3.63, 3.8) is 0 Å². The number of ether oxygens (including phenoxy) is 1. The van der Waals surface area contributed by atoms with Gasteiger partial charge in [-0.25, -0.2) is 0 Å². The quantitative estimate of drug-likeness (QED) is 0.816. The van der Waals surface area contributed by atoms with Gasteiger partial charge in [0.05, 0.1) is 0 Å². The zero-order valence-corrected chi connectivity index (χ0v) is 14.5. The molecule has 0 radical (unpaired) electrons. The van der Waals surface area contributed by atoms with E-state index >= 15 is 0 Å². The van der Waals surface area contributed by atoms with Gasteiger partial charge >= 0.3 is 0 Å². The van der Waals surface area contributed by atoms with Gasteiger partial charge < -0.3 is 4.74 Å². The van der Waals surface area contributed by atoms with Gasteiger partial charge in [0.1, 0.15) is 12.4 Å². The van der Waals surface area contributed by atoms with Crippen molar-refractivity contribution in [3.8, 4) is 5.75 Å². The summed E-state index contributed by atoms with van der Waals surface area (Å²) >= 11 is 6.11. The summed E-state index contributed by atoms with van der Waals surface area (Å²) in [7, 11) is 0. The number of hydrogen-bond donors (Lipinski definition) is 0. The highest BCUT2D eigenvalue weighted by Gasteiger charge is 2.31. The molecule has 24 heavy (non-hydrogen) atoms. The van der Waals surface area contributed by atoms with Crippen molar-refractivity contribution >= 4 is 17.7 Å². The second kappa shape index (κ2) is 6.58. The maximum absolute atomic E-state index is 6.11. The first-order chi connectivity index (χ1) is 11.7. The third-order valence-corrected chi connectivity index (χ3v) is 5.07. The van der Waals surface area contributed by atoms with Gasteiger partial charge in [0.15, 0.2) is 0 Å². The maximum atomic E-state index is 6.11. The van der Waals surface area contributed by atoms with E-state index in [1.807, 2.05) is 36.7 Å². The molecule has 4 heteroatoms. The molecule has 2 aliphatic rings. The van der Waals surface area contributed by atoms with Crippen LogP contribution in [0.15, 0.2) is 48.3 Å². The summed E-state index contributed by atoms with van der Waals surface area (Å²) in [6.07, 6.45) is 7.25. The smallest absolute Gasteiger partial charge is 0.127 e.